The summed E-state index contributed by atoms with van der Waals surface area (Å²) in [6, 6.07) is 12.8. The van der Waals surface area contributed by atoms with Crippen LogP contribution in [0.5, 0.6) is 0 Å². The Bertz CT molecular complexity index is 598. The first-order chi connectivity index (χ1) is 11.6. The maximum Gasteiger partial charge on any atom is 0.240 e. The molecule has 0 spiro atoms. The van der Waals surface area contributed by atoms with Gasteiger partial charge in [-0.3, -0.25) is 9.69 Å². The summed E-state index contributed by atoms with van der Waals surface area (Å²) < 4.78 is 0. The number of para-hydroxylation sites is 1. The Labute approximate surface area is 144 Å². The van der Waals surface area contributed by atoms with Gasteiger partial charge in [0.1, 0.15) is 5.41 Å². The zero-order chi connectivity index (χ0) is 17.0. The number of carbonyl (C=O) groups excluding carboxylic acids is 1. The molecule has 1 saturated heterocycles. The average Bonchev–Trinajstić information content (AvgIpc) is 2.56. The summed E-state index contributed by atoms with van der Waals surface area (Å²) in [5.74, 6) is -0.0772. The third kappa shape index (κ3) is 3.54. The highest BCUT2D eigenvalue weighted by Gasteiger charge is 2.44. The van der Waals surface area contributed by atoms with E-state index in [1.165, 1.54) is 5.69 Å². The number of hydrogen-bond acceptors (Lipinski definition) is 4. The van der Waals surface area contributed by atoms with Crippen LogP contribution in [0.3, 0.4) is 0 Å². The van der Waals surface area contributed by atoms with Gasteiger partial charge < -0.3 is 10.2 Å². The van der Waals surface area contributed by atoms with Crippen LogP contribution in [0.2, 0.25) is 0 Å². The number of hydrogen-bond donors (Lipinski definition) is 1. The minimum absolute atomic E-state index is 0.0756. The molecule has 1 saturated carbocycles. The van der Waals surface area contributed by atoms with Gasteiger partial charge in [-0.2, -0.15) is 5.26 Å². The van der Waals surface area contributed by atoms with E-state index < -0.39 is 5.41 Å². The van der Waals surface area contributed by atoms with Gasteiger partial charge in [0.15, 0.2) is 0 Å². The zero-order valence-corrected chi connectivity index (χ0v) is 14.4. The van der Waals surface area contributed by atoms with Crippen LogP contribution in [0.25, 0.3) is 0 Å². The molecule has 2 fully saturated rings. The fourth-order valence-electron chi connectivity index (χ4n) is 3.54. The predicted molar refractivity (Wildman–Crippen MR) is 94.6 cm³/mol. The summed E-state index contributed by atoms with van der Waals surface area (Å²) in [5.41, 5.74) is 0.528. The Morgan fingerprint density at radius 1 is 1.25 bits per heavy atom. The number of amides is 1. The molecule has 1 unspecified atom stereocenters. The predicted octanol–water partition coefficient (Wildman–Crippen LogP) is 2.01. The average molecular weight is 326 g/mol. The Kier molecular flexibility index (Phi) is 5.06. The van der Waals surface area contributed by atoms with Gasteiger partial charge in [-0.05, 0) is 38.3 Å². The van der Waals surface area contributed by atoms with Gasteiger partial charge in [-0.25, -0.2) is 0 Å². The molecule has 0 radical (unpaired) electrons. The smallest absolute Gasteiger partial charge is 0.240 e. The number of anilines is 1. The Balaban J connectivity index is 1.44. The molecule has 1 N–H and O–H groups in total. The van der Waals surface area contributed by atoms with Crippen LogP contribution in [0.4, 0.5) is 5.69 Å². The van der Waals surface area contributed by atoms with Gasteiger partial charge in [0.2, 0.25) is 5.91 Å². The second-order valence-electron chi connectivity index (χ2n) is 7.05. The van der Waals surface area contributed by atoms with E-state index in [9.17, 15) is 10.1 Å². The lowest BCUT2D eigenvalue weighted by Gasteiger charge is -2.38. The third-order valence-corrected chi connectivity index (χ3v) is 5.26. The van der Waals surface area contributed by atoms with Crippen molar-refractivity contribution in [3.05, 3.63) is 30.3 Å². The molecule has 0 aromatic heterocycles. The number of nitrogens with one attached hydrogen (secondary N) is 1. The van der Waals surface area contributed by atoms with E-state index in [1.54, 1.807) is 0 Å². The van der Waals surface area contributed by atoms with E-state index in [0.717, 1.165) is 39.1 Å². The van der Waals surface area contributed by atoms with E-state index in [1.807, 2.05) is 13.0 Å². The van der Waals surface area contributed by atoms with Gasteiger partial charge in [0.05, 0.1) is 6.07 Å². The number of carbonyl (C=O) groups is 1. The molecule has 24 heavy (non-hydrogen) atoms. The summed E-state index contributed by atoms with van der Waals surface area (Å²) in [5, 5.41) is 12.3. The second-order valence-corrected chi connectivity index (χ2v) is 7.05. The van der Waals surface area contributed by atoms with E-state index in [2.05, 4.69) is 45.5 Å². The molecular formula is C19H26N4O. The molecule has 3 rings (SSSR count). The van der Waals surface area contributed by atoms with E-state index in [-0.39, 0.29) is 11.9 Å². The van der Waals surface area contributed by atoms with Crippen LogP contribution >= 0.6 is 0 Å². The summed E-state index contributed by atoms with van der Waals surface area (Å²) in [7, 11) is 0. The largest absolute Gasteiger partial charge is 0.369 e. The molecule has 1 aliphatic heterocycles. The summed E-state index contributed by atoms with van der Waals surface area (Å²) >= 11 is 0. The lowest BCUT2D eigenvalue weighted by Crippen LogP contribution is -2.53. The highest BCUT2D eigenvalue weighted by molar-refractivity contribution is 5.86. The minimum atomic E-state index is -0.750. The number of piperazine rings is 1. The van der Waals surface area contributed by atoms with Gasteiger partial charge in [0.25, 0.3) is 0 Å². The van der Waals surface area contributed by atoms with Crippen LogP contribution in [-0.2, 0) is 4.79 Å². The van der Waals surface area contributed by atoms with Crippen LogP contribution in [-0.4, -0.2) is 49.6 Å². The number of rotatable bonds is 5. The van der Waals surface area contributed by atoms with Gasteiger partial charge in [-0.15, -0.1) is 0 Å². The molecule has 0 bridgehead atoms. The van der Waals surface area contributed by atoms with Crippen LogP contribution in [0, 0.1) is 16.7 Å². The van der Waals surface area contributed by atoms with Crippen molar-refractivity contribution in [1.82, 2.24) is 10.2 Å². The lowest BCUT2D eigenvalue weighted by atomic mass is 9.69. The Morgan fingerprint density at radius 3 is 2.46 bits per heavy atom. The molecular weight excluding hydrogens is 300 g/mol. The molecule has 1 aromatic rings. The van der Waals surface area contributed by atoms with Crippen LogP contribution < -0.4 is 10.2 Å². The van der Waals surface area contributed by atoms with Crippen molar-refractivity contribution in [2.45, 2.75) is 32.2 Å². The molecule has 1 aliphatic carbocycles. The van der Waals surface area contributed by atoms with Crippen molar-refractivity contribution in [2.24, 2.45) is 5.41 Å². The van der Waals surface area contributed by atoms with Gasteiger partial charge in [0, 0.05) is 44.5 Å². The standard InChI is InChI=1S/C19H26N4O/c1-16(21-18(24)19(15-20)8-5-9-19)14-22-10-12-23(13-11-22)17-6-3-2-4-7-17/h2-4,6-7,16H,5,8-14H2,1H3,(H,21,24). The fourth-order valence-corrected chi connectivity index (χ4v) is 3.54. The molecule has 1 heterocycles. The highest BCUT2D eigenvalue weighted by Crippen LogP contribution is 2.40. The molecule has 5 nitrogen and oxygen atoms in total. The summed E-state index contributed by atoms with van der Waals surface area (Å²) in [4.78, 5) is 17.1. The van der Waals surface area contributed by atoms with Crippen molar-refractivity contribution in [1.29, 1.82) is 5.26 Å². The van der Waals surface area contributed by atoms with Crippen LogP contribution in [0.1, 0.15) is 26.2 Å². The maximum absolute atomic E-state index is 12.3. The van der Waals surface area contributed by atoms with Gasteiger partial charge >= 0.3 is 0 Å². The Hall–Kier alpha value is -2.06. The third-order valence-electron chi connectivity index (χ3n) is 5.26. The second kappa shape index (κ2) is 7.23. The number of nitriles is 1. The SMILES string of the molecule is CC(CN1CCN(c2ccccc2)CC1)NC(=O)C1(C#N)CCC1. The first kappa shape index (κ1) is 16.8. The highest BCUT2D eigenvalue weighted by atomic mass is 16.2. The molecule has 2 aliphatic rings. The van der Waals surface area contributed by atoms with E-state index in [0.29, 0.717) is 12.8 Å². The summed E-state index contributed by atoms with van der Waals surface area (Å²) in [6.45, 7) is 6.89. The quantitative estimate of drug-likeness (QED) is 0.899. The van der Waals surface area contributed by atoms with Crippen molar-refractivity contribution in [2.75, 3.05) is 37.6 Å². The summed E-state index contributed by atoms with van der Waals surface area (Å²) in [6.07, 6.45) is 2.40. The normalized spacial score (nSPS) is 21.4. The fraction of sp³-hybridized carbons (Fsp3) is 0.579. The van der Waals surface area contributed by atoms with Crippen molar-refractivity contribution < 1.29 is 4.79 Å². The number of benzene rings is 1. The topological polar surface area (TPSA) is 59.4 Å². The van der Waals surface area contributed by atoms with Crippen molar-refractivity contribution in [3.63, 3.8) is 0 Å². The first-order valence-electron chi connectivity index (χ1n) is 8.87. The molecule has 128 valence electrons. The van der Waals surface area contributed by atoms with E-state index >= 15 is 0 Å². The van der Waals surface area contributed by atoms with Crippen molar-refractivity contribution >= 4 is 11.6 Å². The molecule has 1 atom stereocenters. The zero-order valence-electron chi connectivity index (χ0n) is 14.4. The molecule has 1 aromatic carbocycles. The monoisotopic (exact) mass is 326 g/mol. The van der Waals surface area contributed by atoms with Crippen molar-refractivity contribution in [3.8, 4) is 6.07 Å². The molecule has 1 amide bonds. The first-order valence-corrected chi connectivity index (χ1v) is 8.87. The molecule has 5 heteroatoms. The van der Waals surface area contributed by atoms with E-state index in [4.69, 9.17) is 0 Å². The maximum atomic E-state index is 12.3. The minimum Gasteiger partial charge on any atom is -0.369 e. The van der Waals surface area contributed by atoms with Crippen LogP contribution in [0.15, 0.2) is 30.3 Å². The Morgan fingerprint density at radius 2 is 1.92 bits per heavy atom. The number of nitrogens with zero attached hydrogens (tertiary/aromatic N) is 3. The lowest BCUT2D eigenvalue weighted by molar-refractivity contribution is -0.132. The van der Waals surface area contributed by atoms with Gasteiger partial charge in [-0.1, -0.05) is 18.2 Å².